The van der Waals surface area contributed by atoms with Crippen molar-refractivity contribution >= 4 is 39.4 Å². The van der Waals surface area contributed by atoms with Crippen LogP contribution in [0.3, 0.4) is 0 Å². The predicted octanol–water partition coefficient (Wildman–Crippen LogP) is 4.24. The third-order valence-corrected chi connectivity index (χ3v) is 8.06. The summed E-state index contributed by atoms with van der Waals surface area (Å²) in [7, 11) is 0. The highest BCUT2D eigenvalue weighted by atomic mass is 32.2. The summed E-state index contributed by atoms with van der Waals surface area (Å²) in [4.78, 5) is 19.9. The largest absolute Gasteiger partial charge is 0.410 e. The van der Waals surface area contributed by atoms with Gasteiger partial charge in [0.25, 0.3) is 16.7 Å². The fourth-order valence-electron chi connectivity index (χ4n) is 3.43. The standard InChI is InChI=1S/C19H19N5O2S3/c1-3-15-23-24-16(25)8-12(20-18(24)29-15)9-27-19-22-21-17(26-19)14-7-11-6-10(2)4-5-13(11)28-14/h7-8,10H,3-6,9H2,1-2H3. The summed E-state index contributed by atoms with van der Waals surface area (Å²) >= 11 is 4.59. The summed E-state index contributed by atoms with van der Waals surface area (Å²) in [6.07, 6.45) is 4.29. The zero-order valence-corrected chi connectivity index (χ0v) is 18.5. The van der Waals surface area contributed by atoms with E-state index in [1.54, 1.807) is 11.3 Å². The Balaban J connectivity index is 1.32. The summed E-state index contributed by atoms with van der Waals surface area (Å²) in [6, 6.07) is 3.72. The number of hydrogen-bond donors (Lipinski definition) is 0. The van der Waals surface area contributed by atoms with E-state index in [1.165, 1.54) is 50.5 Å². The third-order valence-electron chi connectivity index (χ3n) is 4.93. The van der Waals surface area contributed by atoms with E-state index in [9.17, 15) is 4.79 Å². The number of thioether (sulfide) groups is 1. The van der Waals surface area contributed by atoms with Crippen molar-refractivity contribution in [1.29, 1.82) is 0 Å². The maximum Gasteiger partial charge on any atom is 0.277 e. The second kappa shape index (κ2) is 7.66. The van der Waals surface area contributed by atoms with Crippen LogP contribution < -0.4 is 5.56 Å². The van der Waals surface area contributed by atoms with E-state index in [-0.39, 0.29) is 5.56 Å². The number of thiophene rings is 1. The smallest absolute Gasteiger partial charge is 0.277 e. The van der Waals surface area contributed by atoms with E-state index in [0.717, 1.165) is 35.1 Å². The minimum absolute atomic E-state index is 0.161. The van der Waals surface area contributed by atoms with Gasteiger partial charge >= 0.3 is 0 Å². The van der Waals surface area contributed by atoms with Crippen LogP contribution in [0.25, 0.3) is 15.7 Å². The SMILES string of the molecule is CCc1nn2c(=O)cc(CSc3nnc(-c4cc5c(s4)CCC(C)C5)o3)nc2s1. The van der Waals surface area contributed by atoms with Crippen molar-refractivity contribution in [2.24, 2.45) is 5.92 Å². The first-order valence-electron chi connectivity index (χ1n) is 9.56. The quantitative estimate of drug-likeness (QED) is 0.425. The number of aromatic nitrogens is 5. The molecule has 1 aliphatic carbocycles. The Morgan fingerprint density at radius 3 is 3.07 bits per heavy atom. The lowest BCUT2D eigenvalue weighted by Crippen LogP contribution is -2.15. The maximum atomic E-state index is 12.3. The topological polar surface area (TPSA) is 86.2 Å². The Labute approximate surface area is 179 Å². The Morgan fingerprint density at radius 1 is 1.31 bits per heavy atom. The first kappa shape index (κ1) is 19.0. The highest BCUT2D eigenvalue weighted by Crippen LogP contribution is 2.37. The molecule has 0 aliphatic heterocycles. The first-order chi connectivity index (χ1) is 14.1. The van der Waals surface area contributed by atoms with Crippen LogP contribution in [0, 0.1) is 5.92 Å². The van der Waals surface area contributed by atoms with Gasteiger partial charge in [0, 0.05) is 16.7 Å². The van der Waals surface area contributed by atoms with Gasteiger partial charge < -0.3 is 4.42 Å². The zero-order valence-electron chi connectivity index (χ0n) is 16.0. The van der Waals surface area contributed by atoms with Gasteiger partial charge in [0.05, 0.1) is 10.6 Å². The molecule has 0 saturated carbocycles. The zero-order chi connectivity index (χ0) is 20.0. The van der Waals surface area contributed by atoms with Gasteiger partial charge in [-0.1, -0.05) is 36.9 Å². The molecule has 0 N–H and O–H groups in total. The van der Waals surface area contributed by atoms with Gasteiger partial charge in [-0.2, -0.15) is 9.61 Å². The highest BCUT2D eigenvalue weighted by molar-refractivity contribution is 7.98. The lowest BCUT2D eigenvalue weighted by atomic mass is 9.90. The molecule has 0 radical (unpaired) electrons. The number of aryl methyl sites for hydroxylation is 2. The van der Waals surface area contributed by atoms with E-state index < -0.39 is 0 Å². The molecule has 10 heteroatoms. The van der Waals surface area contributed by atoms with Gasteiger partial charge in [-0.05, 0) is 43.2 Å². The summed E-state index contributed by atoms with van der Waals surface area (Å²) in [6.45, 7) is 4.31. The average Bonchev–Trinajstić information content (AvgIpc) is 3.43. The van der Waals surface area contributed by atoms with E-state index in [1.807, 2.05) is 6.92 Å². The molecule has 5 rings (SSSR count). The van der Waals surface area contributed by atoms with Crippen molar-refractivity contribution in [3.63, 3.8) is 0 Å². The average molecular weight is 446 g/mol. The van der Waals surface area contributed by atoms with Crippen molar-refractivity contribution in [2.45, 2.75) is 50.5 Å². The molecule has 150 valence electrons. The monoisotopic (exact) mass is 445 g/mol. The summed E-state index contributed by atoms with van der Waals surface area (Å²) in [5.74, 6) is 1.79. The fraction of sp³-hybridized carbons (Fsp3) is 0.421. The fourth-order valence-corrected chi connectivity index (χ4v) is 6.07. The molecule has 0 fully saturated rings. The van der Waals surface area contributed by atoms with E-state index >= 15 is 0 Å². The Hall–Kier alpha value is -2.04. The molecule has 4 heterocycles. The molecule has 1 unspecified atom stereocenters. The predicted molar refractivity (Wildman–Crippen MR) is 115 cm³/mol. The summed E-state index contributed by atoms with van der Waals surface area (Å²) in [5.41, 5.74) is 1.95. The van der Waals surface area contributed by atoms with Crippen LogP contribution in [0.1, 0.15) is 41.4 Å². The van der Waals surface area contributed by atoms with Crippen molar-refractivity contribution in [3.8, 4) is 10.8 Å². The molecule has 7 nitrogen and oxygen atoms in total. The molecule has 1 atom stereocenters. The molecule has 0 aromatic carbocycles. The van der Waals surface area contributed by atoms with Crippen LogP contribution in [0.2, 0.25) is 0 Å². The van der Waals surface area contributed by atoms with Crippen molar-refractivity contribution in [2.75, 3.05) is 0 Å². The van der Waals surface area contributed by atoms with Crippen LogP contribution in [-0.2, 0) is 25.0 Å². The third kappa shape index (κ3) is 3.76. The van der Waals surface area contributed by atoms with Crippen LogP contribution >= 0.6 is 34.4 Å². The number of fused-ring (bicyclic) bond motifs is 2. The van der Waals surface area contributed by atoms with Gasteiger partial charge in [0.15, 0.2) is 0 Å². The Bertz CT molecular complexity index is 1240. The van der Waals surface area contributed by atoms with Crippen LogP contribution in [0.15, 0.2) is 26.6 Å². The first-order valence-corrected chi connectivity index (χ1v) is 12.2. The van der Waals surface area contributed by atoms with Gasteiger partial charge in [0.1, 0.15) is 5.01 Å². The summed E-state index contributed by atoms with van der Waals surface area (Å²) < 4.78 is 7.23. The summed E-state index contributed by atoms with van der Waals surface area (Å²) in [5, 5.41) is 14.0. The van der Waals surface area contributed by atoms with Gasteiger partial charge in [-0.3, -0.25) is 4.79 Å². The number of nitrogens with zero attached hydrogens (tertiary/aromatic N) is 5. The molecular formula is C19H19N5O2S3. The van der Waals surface area contributed by atoms with Crippen molar-refractivity contribution in [1.82, 2.24) is 24.8 Å². The molecule has 0 amide bonds. The second-order valence-corrected chi connectivity index (χ2v) is 10.3. The van der Waals surface area contributed by atoms with Crippen LogP contribution in [-0.4, -0.2) is 24.8 Å². The second-order valence-electron chi connectivity index (χ2n) is 7.20. The molecule has 4 aromatic rings. The van der Waals surface area contributed by atoms with E-state index in [2.05, 4.69) is 33.3 Å². The van der Waals surface area contributed by atoms with Gasteiger partial charge in [-0.15, -0.1) is 21.5 Å². The lowest BCUT2D eigenvalue weighted by molar-refractivity contribution is 0.466. The Morgan fingerprint density at radius 2 is 2.21 bits per heavy atom. The molecule has 4 aromatic heterocycles. The highest BCUT2D eigenvalue weighted by Gasteiger charge is 2.21. The number of rotatable bonds is 5. The molecule has 0 bridgehead atoms. The van der Waals surface area contributed by atoms with Crippen LogP contribution in [0.5, 0.6) is 0 Å². The van der Waals surface area contributed by atoms with Crippen LogP contribution in [0.4, 0.5) is 0 Å². The van der Waals surface area contributed by atoms with E-state index in [4.69, 9.17) is 4.42 Å². The molecule has 0 spiro atoms. The molecule has 0 saturated heterocycles. The van der Waals surface area contributed by atoms with Gasteiger partial charge in [-0.25, -0.2) is 4.98 Å². The van der Waals surface area contributed by atoms with Crippen molar-refractivity contribution < 1.29 is 4.42 Å². The van der Waals surface area contributed by atoms with E-state index in [0.29, 0.717) is 27.5 Å². The normalized spacial score (nSPS) is 16.4. The maximum absolute atomic E-state index is 12.3. The number of hydrogen-bond acceptors (Lipinski definition) is 9. The minimum Gasteiger partial charge on any atom is -0.410 e. The minimum atomic E-state index is -0.161. The van der Waals surface area contributed by atoms with Gasteiger partial charge in [0.2, 0.25) is 4.96 Å². The molecular weight excluding hydrogens is 426 g/mol. The molecule has 1 aliphatic rings. The Kier molecular flexibility index (Phi) is 5.00. The lowest BCUT2D eigenvalue weighted by Gasteiger charge is -2.16. The molecule has 29 heavy (non-hydrogen) atoms. The van der Waals surface area contributed by atoms with Crippen molar-refractivity contribution in [3.05, 3.63) is 43.6 Å².